The SMILES string of the molecule is CCN(CC)C(=O)C(C)NC(=O)CCC1CCC(N)CC1. The molecule has 0 aromatic carbocycles. The zero-order chi connectivity index (χ0) is 15.8. The summed E-state index contributed by atoms with van der Waals surface area (Å²) in [7, 11) is 0. The molecule has 1 atom stereocenters. The van der Waals surface area contributed by atoms with Crippen LogP contribution >= 0.6 is 0 Å². The largest absolute Gasteiger partial charge is 0.345 e. The van der Waals surface area contributed by atoms with Crippen LogP contribution in [0, 0.1) is 5.92 Å². The molecule has 0 spiro atoms. The molecule has 1 aliphatic carbocycles. The van der Waals surface area contributed by atoms with Crippen LogP contribution in [0.15, 0.2) is 0 Å². The minimum Gasteiger partial charge on any atom is -0.345 e. The highest BCUT2D eigenvalue weighted by Gasteiger charge is 2.22. The number of rotatable bonds is 7. The van der Waals surface area contributed by atoms with E-state index in [0.717, 1.165) is 32.1 Å². The Balaban J connectivity index is 2.28. The van der Waals surface area contributed by atoms with Gasteiger partial charge in [0.1, 0.15) is 6.04 Å². The average Bonchev–Trinajstić information content (AvgIpc) is 2.47. The van der Waals surface area contributed by atoms with Gasteiger partial charge in [-0.15, -0.1) is 0 Å². The summed E-state index contributed by atoms with van der Waals surface area (Å²) in [5.74, 6) is 0.596. The zero-order valence-electron chi connectivity index (χ0n) is 13.7. The first-order valence-corrected chi connectivity index (χ1v) is 8.31. The van der Waals surface area contributed by atoms with Crippen LogP contribution < -0.4 is 11.1 Å². The van der Waals surface area contributed by atoms with Gasteiger partial charge in [0.2, 0.25) is 11.8 Å². The minimum atomic E-state index is -0.433. The van der Waals surface area contributed by atoms with E-state index in [9.17, 15) is 9.59 Å². The fourth-order valence-electron chi connectivity index (χ4n) is 3.00. The summed E-state index contributed by atoms with van der Waals surface area (Å²) >= 11 is 0. The van der Waals surface area contributed by atoms with E-state index in [4.69, 9.17) is 5.73 Å². The van der Waals surface area contributed by atoms with Crippen molar-refractivity contribution in [1.29, 1.82) is 0 Å². The predicted molar refractivity (Wildman–Crippen MR) is 84.7 cm³/mol. The number of hydrogen-bond acceptors (Lipinski definition) is 3. The van der Waals surface area contributed by atoms with Gasteiger partial charge in [-0.1, -0.05) is 0 Å². The highest BCUT2D eigenvalue weighted by molar-refractivity contribution is 5.87. The Morgan fingerprint density at radius 2 is 1.76 bits per heavy atom. The standard InChI is InChI=1S/C16H31N3O2/c1-4-19(5-2)16(21)12(3)18-15(20)11-8-13-6-9-14(17)10-7-13/h12-14H,4-11,17H2,1-3H3,(H,18,20). The van der Waals surface area contributed by atoms with Gasteiger partial charge < -0.3 is 16.0 Å². The normalized spacial score (nSPS) is 23.4. The average molecular weight is 297 g/mol. The summed E-state index contributed by atoms with van der Waals surface area (Å²) in [5, 5.41) is 2.82. The van der Waals surface area contributed by atoms with Gasteiger partial charge in [0.15, 0.2) is 0 Å². The molecule has 0 aromatic rings. The van der Waals surface area contributed by atoms with Crippen molar-refractivity contribution in [2.24, 2.45) is 11.7 Å². The number of hydrogen-bond donors (Lipinski definition) is 2. The fourth-order valence-corrected chi connectivity index (χ4v) is 3.00. The van der Waals surface area contributed by atoms with Crippen LogP contribution in [0.4, 0.5) is 0 Å². The Bertz CT molecular complexity index is 334. The molecule has 1 saturated carbocycles. The van der Waals surface area contributed by atoms with Crippen LogP contribution in [-0.4, -0.2) is 41.9 Å². The van der Waals surface area contributed by atoms with E-state index in [0.29, 0.717) is 31.5 Å². The molecule has 3 N–H and O–H groups in total. The lowest BCUT2D eigenvalue weighted by atomic mass is 9.84. The van der Waals surface area contributed by atoms with E-state index in [-0.39, 0.29) is 11.8 Å². The third-order valence-corrected chi connectivity index (χ3v) is 4.49. The molecule has 0 heterocycles. The van der Waals surface area contributed by atoms with E-state index < -0.39 is 6.04 Å². The maximum atomic E-state index is 12.1. The molecule has 1 rings (SSSR count). The highest BCUT2D eigenvalue weighted by Crippen LogP contribution is 2.26. The molecule has 21 heavy (non-hydrogen) atoms. The second-order valence-corrected chi connectivity index (χ2v) is 6.12. The Morgan fingerprint density at radius 3 is 2.29 bits per heavy atom. The molecule has 0 bridgehead atoms. The molecule has 1 aliphatic rings. The van der Waals surface area contributed by atoms with Gasteiger partial charge in [-0.2, -0.15) is 0 Å². The first-order chi connectivity index (χ1) is 9.97. The first kappa shape index (κ1) is 18.0. The van der Waals surface area contributed by atoms with Gasteiger partial charge in [0, 0.05) is 25.6 Å². The zero-order valence-corrected chi connectivity index (χ0v) is 13.7. The molecule has 0 aromatic heterocycles. The summed E-state index contributed by atoms with van der Waals surface area (Å²) in [5.41, 5.74) is 5.89. The van der Waals surface area contributed by atoms with Crippen LogP contribution in [-0.2, 0) is 9.59 Å². The molecule has 2 amide bonds. The van der Waals surface area contributed by atoms with Gasteiger partial charge in [-0.05, 0) is 58.8 Å². The minimum absolute atomic E-state index is 0.00279. The molecular weight excluding hydrogens is 266 g/mol. The van der Waals surface area contributed by atoms with Crippen LogP contribution in [0.1, 0.15) is 59.3 Å². The van der Waals surface area contributed by atoms with Crippen LogP contribution in [0.2, 0.25) is 0 Å². The lowest BCUT2D eigenvalue weighted by molar-refractivity contribution is -0.135. The molecule has 122 valence electrons. The van der Waals surface area contributed by atoms with Crippen molar-refractivity contribution in [2.45, 2.75) is 71.4 Å². The molecule has 0 saturated heterocycles. The summed E-state index contributed by atoms with van der Waals surface area (Å²) < 4.78 is 0. The Labute approximate surface area is 128 Å². The van der Waals surface area contributed by atoms with Gasteiger partial charge in [-0.25, -0.2) is 0 Å². The molecular formula is C16H31N3O2. The van der Waals surface area contributed by atoms with E-state index in [1.807, 2.05) is 13.8 Å². The second kappa shape index (κ2) is 9.03. The third kappa shape index (κ3) is 6.04. The number of nitrogens with zero attached hydrogens (tertiary/aromatic N) is 1. The molecule has 0 radical (unpaired) electrons. The predicted octanol–water partition coefficient (Wildman–Crippen LogP) is 1.66. The Kier molecular flexibility index (Phi) is 7.72. The number of nitrogens with two attached hydrogens (primary N) is 1. The van der Waals surface area contributed by atoms with Crippen molar-refractivity contribution in [2.75, 3.05) is 13.1 Å². The lowest BCUT2D eigenvalue weighted by Gasteiger charge is -2.26. The van der Waals surface area contributed by atoms with Gasteiger partial charge in [0.05, 0.1) is 0 Å². The number of likely N-dealkylation sites (N-methyl/N-ethyl adjacent to an activating group) is 1. The molecule has 1 unspecified atom stereocenters. The number of carbonyl (C=O) groups excluding carboxylic acids is 2. The van der Waals surface area contributed by atoms with Gasteiger partial charge in [0.25, 0.3) is 0 Å². The number of carbonyl (C=O) groups is 2. The topological polar surface area (TPSA) is 75.4 Å². The molecule has 1 fully saturated rings. The Hall–Kier alpha value is -1.10. The van der Waals surface area contributed by atoms with Gasteiger partial charge in [-0.3, -0.25) is 9.59 Å². The van der Waals surface area contributed by atoms with Crippen molar-refractivity contribution < 1.29 is 9.59 Å². The van der Waals surface area contributed by atoms with E-state index >= 15 is 0 Å². The van der Waals surface area contributed by atoms with E-state index in [1.165, 1.54) is 0 Å². The Morgan fingerprint density at radius 1 is 1.19 bits per heavy atom. The second-order valence-electron chi connectivity index (χ2n) is 6.12. The monoisotopic (exact) mass is 297 g/mol. The van der Waals surface area contributed by atoms with E-state index in [2.05, 4.69) is 5.32 Å². The van der Waals surface area contributed by atoms with Crippen molar-refractivity contribution in [1.82, 2.24) is 10.2 Å². The summed E-state index contributed by atoms with van der Waals surface area (Å²) in [6.45, 7) is 7.02. The lowest BCUT2D eigenvalue weighted by Crippen LogP contribution is -2.46. The molecule has 0 aliphatic heterocycles. The first-order valence-electron chi connectivity index (χ1n) is 8.31. The smallest absolute Gasteiger partial charge is 0.244 e. The third-order valence-electron chi connectivity index (χ3n) is 4.49. The van der Waals surface area contributed by atoms with Crippen molar-refractivity contribution in [3.63, 3.8) is 0 Å². The van der Waals surface area contributed by atoms with Crippen molar-refractivity contribution >= 4 is 11.8 Å². The van der Waals surface area contributed by atoms with Crippen molar-refractivity contribution in [3.05, 3.63) is 0 Å². The number of amides is 2. The molecule has 5 heteroatoms. The maximum absolute atomic E-state index is 12.1. The number of nitrogens with one attached hydrogen (secondary N) is 1. The summed E-state index contributed by atoms with van der Waals surface area (Å²) in [6.07, 6.45) is 5.82. The fraction of sp³-hybridized carbons (Fsp3) is 0.875. The molecule has 5 nitrogen and oxygen atoms in total. The summed E-state index contributed by atoms with van der Waals surface area (Å²) in [4.78, 5) is 25.8. The summed E-state index contributed by atoms with van der Waals surface area (Å²) in [6, 6.07) is -0.0843. The highest BCUT2D eigenvalue weighted by atomic mass is 16.2. The van der Waals surface area contributed by atoms with Crippen LogP contribution in [0.25, 0.3) is 0 Å². The van der Waals surface area contributed by atoms with Crippen LogP contribution in [0.5, 0.6) is 0 Å². The van der Waals surface area contributed by atoms with E-state index in [1.54, 1.807) is 11.8 Å². The maximum Gasteiger partial charge on any atom is 0.244 e. The van der Waals surface area contributed by atoms with Crippen LogP contribution in [0.3, 0.4) is 0 Å². The quantitative estimate of drug-likeness (QED) is 0.750. The van der Waals surface area contributed by atoms with Crippen molar-refractivity contribution in [3.8, 4) is 0 Å². The van der Waals surface area contributed by atoms with Gasteiger partial charge >= 0.3 is 0 Å².